The first kappa shape index (κ1) is 10.5. The van der Waals surface area contributed by atoms with Gasteiger partial charge in [0.15, 0.2) is 0 Å². The Morgan fingerprint density at radius 1 is 1.54 bits per heavy atom. The predicted octanol–water partition coefficient (Wildman–Crippen LogP) is 0.0394. The number of aliphatic hydroxyl groups is 1. The summed E-state index contributed by atoms with van der Waals surface area (Å²) in [6, 6.07) is 0. The van der Waals surface area contributed by atoms with Crippen molar-refractivity contribution < 1.29 is 14.6 Å². The second kappa shape index (κ2) is 4.07. The van der Waals surface area contributed by atoms with Gasteiger partial charge in [0.1, 0.15) is 6.10 Å². The number of nitrogens with two attached hydrogens (primary N) is 1. The van der Waals surface area contributed by atoms with Gasteiger partial charge in [-0.3, -0.25) is 4.79 Å². The molecule has 4 nitrogen and oxygen atoms in total. The lowest BCUT2D eigenvalue weighted by atomic mass is 9.77. The van der Waals surface area contributed by atoms with Crippen molar-refractivity contribution in [1.29, 1.82) is 0 Å². The van der Waals surface area contributed by atoms with Crippen LogP contribution in [0.4, 0.5) is 0 Å². The van der Waals surface area contributed by atoms with E-state index < -0.39 is 17.4 Å². The van der Waals surface area contributed by atoms with Gasteiger partial charge in [0.2, 0.25) is 5.91 Å². The highest BCUT2D eigenvalue weighted by atomic mass is 16.5. The van der Waals surface area contributed by atoms with Crippen molar-refractivity contribution in [2.75, 3.05) is 13.2 Å². The summed E-state index contributed by atoms with van der Waals surface area (Å²) in [6.07, 6.45) is 1.31. The van der Waals surface area contributed by atoms with Gasteiger partial charge >= 0.3 is 0 Å². The highest BCUT2D eigenvalue weighted by Gasteiger charge is 2.36. The maximum Gasteiger partial charge on any atom is 0.246 e. The van der Waals surface area contributed by atoms with Crippen LogP contribution in [0, 0.1) is 5.41 Å². The maximum atomic E-state index is 10.8. The van der Waals surface area contributed by atoms with E-state index in [1.165, 1.54) is 0 Å². The molecule has 0 spiro atoms. The standard InChI is InChI=1S/C9H17NO3/c1-9(7(11)8(10)12)3-2-5-13-6-4-9/h7,11H,2-6H2,1H3,(H2,10,12). The van der Waals surface area contributed by atoms with E-state index in [0.717, 1.165) is 12.8 Å². The quantitative estimate of drug-likeness (QED) is 0.641. The SMILES string of the molecule is CC1(C(O)C(N)=O)CCCOCC1. The maximum absolute atomic E-state index is 10.8. The van der Waals surface area contributed by atoms with E-state index in [0.29, 0.717) is 19.6 Å². The Hall–Kier alpha value is -0.610. The van der Waals surface area contributed by atoms with Crippen LogP contribution in [-0.2, 0) is 9.53 Å². The monoisotopic (exact) mass is 187 g/mol. The van der Waals surface area contributed by atoms with Crippen LogP contribution in [0.25, 0.3) is 0 Å². The van der Waals surface area contributed by atoms with Crippen molar-refractivity contribution in [3.05, 3.63) is 0 Å². The van der Waals surface area contributed by atoms with Crippen molar-refractivity contribution in [3.8, 4) is 0 Å². The van der Waals surface area contributed by atoms with Gasteiger partial charge in [-0.25, -0.2) is 0 Å². The number of hydrogen-bond donors (Lipinski definition) is 2. The minimum atomic E-state index is -1.05. The van der Waals surface area contributed by atoms with Crippen LogP contribution in [-0.4, -0.2) is 30.3 Å². The van der Waals surface area contributed by atoms with Crippen LogP contribution in [0.5, 0.6) is 0 Å². The van der Waals surface area contributed by atoms with Crippen molar-refractivity contribution in [1.82, 2.24) is 0 Å². The van der Waals surface area contributed by atoms with Gasteiger partial charge in [-0.1, -0.05) is 6.92 Å². The summed E-state index contributed by atoms with van der Waals surface area (Å²) in [7, 11) is 0. The summed E-state index contributed by atoms with van der Waals surface area (Å²) in [5.74, 6) is -0.635. The Balaban J connectivity index is 2.65. The molecule has 1 saturated heterocycles. The molecule has 0 radical (unpaired) electrons. The first-order valence-corrected chi connectivity index (χ1v) is 4.61. The molecule has 0 aromatic rings. The smallest absolute Gasteiger partial charge is 0.246 e. The van der Waals surface area contributed by atoms with Crippen LogP contribution in [0.1, 0.15) is 26.2 Å². The summed E-state index contributed by atoms with van der Waals surface area (Å²) >= 11 is 0. The van der Waals surface area contributed by atoms with Crippen molar-refractivity contribution in [2.45, 2.75) is 32.3 Å². The van der Waals surface area contributed by atoms with Gasteiger partial charge in [-0.2, -0.15) is 0 Å². The molecule has 3 N–H and O–H groups in total. The van der Waals surface area contributed by atoms with Crippen molar-refractivity contribution >= 4 is 5.91 Å². The van der Waals surface area contributed by atoms with E-state index in [9.17, 15) is 9.90 Å². The van der Waals surface area contributed by atoms with E-state index in [4.69, 9.17) is 10.5 Å². The average Bonchev–Trinajstić information content (AvgIpc) is 2.29. The topological polar surface area (TPSA) is 72.5 Å². The molecule has 1 aliphatic heterocycles. The van der Waals surface area contributed by atoms with E-state index in [2.05, 4.69) is 0 Å². The molecule has 1 fully saturated rings. The summed E-state index contributed by atoms with van der Waals surface area (Å²) in [5.41, 5.74) is 4.67. The van der Waals surface area contributed by atoms with Gasteiger partial charge in [-0.15, -0.1) is 0 Å². The highest BCUT2D eigenvalue weighted by molar-refractivity contribution is 5.79. The van der Waals surface area contributed by atoms with Crippen LogP contribution in [0.15, 0.2) is 0 Å². The average molecular weight is 187 g/mol. The van der Waals surface area contributed by atoms with Gasteiger partial charge in [-0.05, 0) is 19.3 Å². The third-order valence-corrected chi connectivity index (χ3v) is 2.78. The number of hydrogen-bond acceptors (Lipinski definition) is 3. The fourth-order valence-electron chi connectivity index (χ4n) is 1.73. The van der Waals surface area contributed by atoms with Crippen molar-refractivity contribution in [2.24, 2.45) is 11.1 Å². The zero-order valence-corrected chi connectivity index (χ0v) is 7.95. The lowest BCUT2D eigenvalue weighted by molar-refractivity contribution is -0.133. The largest absolute Gasteiger partial charge is 0.383 e. The Kier molecular flexibility index (Phi) is 3.27. The number of carbonyl (C=O) groups is 1. The van der Waals surface area contributed by atoms with E-state index >= 15 is 0 Å². The molecular formula is C9H17NO3. The molecule has 0 saturated carbocycles. The number of ether oxygens (including phenoxy) is 1. The summed E-state index contributed by atoms with van der Waals surface area (Å²) in [6.45, 7) is 3.19. The summed E-state index contributed by atoms with van der Waals surface area (Å²) in [4.78, 5) is 10.8. The molecule has 2 unspecified atom stereocenters. The molecule has 1 heterocycles. The van der Waals surface area contributed by atoms with Gasteiger partial charge in [0.25, 0.3) is 0 Å². The zero-order valence-electron chi connectivity index (χ0n) is 7.95. The molecule has 0 aliphatic carbocycles. The molecule has 0 aromatic heterocycles. The normalized spacial score (nSPS) is 32.2. The third kappa shape index (κ3) is 2.42. The molecule has 1 amide bonds. The van der Waals surface area contributed by atoms with Crippen LogP contribution < -0.4 is 5.73 Å². The molecule has 13 heavy (non-hydrogen) atoms. The summed E-state index contributed by atoms with van der Waals surface area (Å²) < 4.78 is 5.26. The molecule has 1 rings (SSSR count). The second-order valence-corrected chi connectivity index (χ2v) is 3.92. The second-order valence-electron chi connectivity index (χ2n) is 3.92. The number of rotatable bonds is 2. The molecule has 1 aliphatic rings. The van der Waals surface area contributed by atoms with Crippen LogP contribution >= 0.6 is 0 Å². The number of aliphatic hydroxyl groups excluding tert-OH is 1. The fraction of sp³-hybridized carbons (Fsp3) is 0.889. The minimum absolute atomic E-state index is 0.400. The van der Waals surface area contributed by atoms with Crippen molar-refractivity contribution in [3.63, 3.8) is 0 Å². The summed E-state index contributed by atoms with van der Waals surface area (Å²) in [5, 5.41) is 9.61. The third-order valence-electron chi connectivity index (χ3n) is 2.78. The number of primary amides is 1. The zero-order chi connectivity index (χ0) is 9.90. The molecule has 0 bridgehead atoms. The molecule has 4 heteroatoms. The van der Waals surface area contributed by atoms with E-state index in [-0.39, 0.29) is 0 Å². The fourth-order valence-corrected chi connectivity index (χ4v) is 1.73. The molecule has 2 atom stereocenters. The predicted molar refractivity (Wildman–Crippen MR) is 48.0 cm³/mol. The number of amides is 1. The van der Waals surface area contributed by atoms with E-state index in [1.54, 1.807) is 0 Å². The van der Waals surface area contributed by atoms with E-state index in [1.807, 2.05) is 6.92 Å². The Morgan fingerprint density at radius 2 is 2.23 bits per heavy atom. The van der Waals surface area contributed by atoms with Crippen LogP contribution in [0.3, 0.4) is 0 Å². The Morgan fingerprint density at radius 3 is 2.85 bits per heavy atom. The van der Waals surface area contributed by atoms with Gasteiger partial charge in [0.05, 0.1) is 0 Å². The Labute approximate surface area is 78.1 Å². The molecule has 76 valence electrons. The first-order chi connectivity index (χ1) is 6.06. The number of carbonyl (C=O) groups excluding carboxylic acids is 1. The minimum Gasteiger partial charge on any atom is -0.383 e. The Bertz CT molecular complexity index is 185. The lowest BCUT2D eigenvalue weighted by Gasteiger charge is -2.30. The molecular weight excluding hydrogens is 170 g/mol. The highest BCUT2D eigenvalue weighted by Crippen LogP contribution is 2.33. The van der Waals surface area contributed by atoms with Gasteiger partial charge in [0, 0.05) is 18.6 Å². The first-order valence-electron chi connectivity index (χ1n) is 4.61. The lowest BCUT2D eigenvalue weighted by Crippen LogP contribution is -2.42. The van der Waals surface area contributed by atoms with Crippen LogP contribution in [0.2, 0.25) is 0 Å². The van der Waals surface area contributed by atoms with Gasteiger partial charge < -0.3 is 15.6 Å². The molecule has 0 aromatic carbocycles.